The van der Waals surface area contributed by atoms with E-state index in [-0.39, 0.29) is 6.10 Å². The fourth-order valence-corrected chi connectivity index (χ4v) is 2.98. The van der Waals surface area contributed by atoms with Crippen LogP contribution >= 0.6 is 0 Å². The maximum absolute atomic E-state index is 12.7. The van der Waals surface area contributed by atoms with E-state index in [0.717, 1.165) is 51.1 Å². The second kappa shape index (κ2) is 6.61. The van der Waals surface area contributed by atoms with Crippen molar-refractivity contribution in [1.82, 2.24) is 9.88 Å². The van der Waals surface area contributed by atoms with Crippen LogP contribution in [0.1, 0.15) is 24.8 Å². The molecule has 4 nitrogen and oxygen atoms in total. The molecule has 0 aliphatic carbocycles. The van der Waals surface area contributed by atoms with Gasteiger partial charge >= 0.3 is 0 Å². The monoisotopic (exact) mass is 280 g/mol. The van der Waals surface area contributed by atoms with Gasteiger partial charge in [0.2, 0.25) is 5.95 Å². The van der Waals surface area contributed by atoms with Crippen LogP contribution < -0.4 is 0 Å². The number of halogens is 1. The molecule has 1 atom stereocenters. The number of hydrogen-bond donors (Lipinski definition) is 0. The molecule has 0 aromatic carbocycles. The van der Waals surface area contributed by atoms with Gasteiger partial charge in [-0.15, -0.1) is 0 Å². The number of pyridine rings is 1. The summed E-state index contributed by atoms with van der Waals surface area (Å²) in [5, 5.41) is 0. The van der Waals surface area contributed by atoms with Crippen molar-refractivity contribution in [3.63, 3.8) is 0 Å². The van der Waals surface area contributed by atoms with E-state index in [1.54, 1.807) is 12.3 Å². The molecule has 0 saturated carbocycles. The van der Waals surface area contributed by atoms with Gasteiger partial charge in [-0.1, -0.05) is 6.07 Å². The summed E-state index contributed by atoms with van der Waals surface area (Å²) in [5.41, 5.74) is 0.927. The van der Waals surface area contributed by atoms with Crippen molar-refractivity contribution >= 4 is 0 Å². The Labute approximate surface area is 118 Å². The highest BCUT2D eigenvalue weighted by atomic mass is 19.1. The summed E-state index contributed by atoms with van der Waals surface area (Å²) in [6.45, 7) is 4.39. The van der Waals surface area contributed by atoms with Gasteiger partial charge in [0.25, 0.3) is 0 Å². The van der Waals surface area contributed by atoms with Gasteiger partial charge in [0.15, 0.2) is 0 Å². The fourth-order valence-electron chi connectivity index (χ4n) is 2.98. The number of rotatable bonds is 4. The van der Waals surface area contributed by atoms with E-state index in [1.165, 1.54) is 6.07 Å². The van der Waals surface area contributed by atoms with Crippen molar-refractivity contribution in [2.75, 3.05) is 26.3 Å². The van der Waals surface area contributed by atoms with Crippen LogP contribution in [0, 0.1) is 5.95 Å². The third-order valence-corrected chi connectivity index (χ3v) is 4.16. The van der Waals surface area contributed by atoms with E-state index in [9.17, 15) is 4.39 Å². The number of likely N-dealkylation sites (tertiary alicyclic amines) is 1. The zero-order chi connectivity index (χ0) is 13.8. The number of aromatic nitrogens is 1. The minimum absolute atomic E-state index is 0.280. The molecular formula is C15H21FN2O2. The van der Waals surface area contributed by atoms with Crippen molar-refractivity contribution in [3.8, 4) is 0 Å². The van der Waals surface area contributed by atoms with Gasteiger partial charge < -0.3 is 9.47 Å². The topological polar surface area (TPSA) is 34.6 Å². The molecule has 3 rings (SSSR count). The predicted octanol–water partition coefficient (Wildman–Crippen LogP) is 1.99. The molecule has 2 aliphatic heterocycles. The van der Waals surface area contributed by atoms with Gasteiger partial charge in [-0.25, -0.2) is 4.98 Å². The lowest BCUT2D eigenvalue weighted by Crippen LogP contribution is -2.38. The Balaban J connectivity index is 1.44. The molecule has 0 spiro atoms. The first kappa shape index (κ1) is 13.9. The number of nitrogens with zero attached hydrogens (tertiary/aromatic N) is 2. The molecule has 0 unspecified atom stereocenters. The third-order valence-electron chi connectivity index (χ3n) is 4.16. The van der Waals surface area contributed by atoms with Gasteiger partial charge in [-0.3, -0.25) is 4.90 Å². The molecule has 110 valence electrons. The van der Waals surface area contributed by atoms with Gasteiger partial charge in [-0.05, 0) is 30.9 Å². The Bertz CT molecular complexity index is 420. The molecule has 5 heteroatoms. The molecule has 2 saturated heterocycles. The van der Waals surface area contributed by atoms with Crippen molar-refractivity contribution in [2.45, 2.75) is 38.0 Å². The van der Waals surface area contributed by atoms with Crippen LogP contribution in [0.4, 0.5) is 4.39 Å². The average Bonchev–Trinajstić information content (AvgIpc) is 2.97. The first-order valence-electron chi connectivity index (χ1n) is 7.35. The van der Waals surface area contributed by atoms with E-state index in [4.69, 9.17) is 9.47 Å². The molecule has 0 amide bonds. The van der Waals surface area contributed by atoms with Crippen LogP contribution in [0.2, 0.25) is 0 Å². The Hall–Kier alpha value is -1.04. The normalized spacial score (nSPS) is 25.1. The maximum atomic E-state index is 12.7. The summed E-state index contributed by atoms with van der Waals surface area (Å²) in [6, 6.07) is 3.76. The summed E-state index contributed by atoms with van der Waals surface area (Å²) in [6.07, 6.45) is 5.17. The minimum atomic E-state index is -0.444. The molecule has 1 aromatic heterocycles. The maximum Gasteiger partial charge on any atom is 0.212 e. The molecule has 2 fully saturated rings. The highest BCUT2D eigenvalue weighted by molar-refractivity contribution is 5.07. The molecule has 1 aromatic rings. The SMILES string of the molecule is Fc1ccc(CO[C@@H]2CCN(C3CCOCC3)C2)cn1. The van der Waals surface area contributed by atoms with Crippen molar-refractivity contribution in [3.05, 3.63) is 29.8 Å². The van der Waals surface area contributed by atoms with E-state index in [0.29, 0.717) is 12.6 Å². The lowest BCUT2D eigenvalue weighted by atomic mass is 10.1. The van der Waals surface area contributed by atoms with Crippen molar-refractivity contribution < 1.29 is 13.9 Å². The van der Waals surface area contributed by atoms with E-state index in [1.807, 2.05) is 0 Å². The van der Waals surface area contributed by atoms with E-state index in [2.05, 4.69) is 9.88 Å². The number of ether oxygens (including phenoxy) is 2. The van der Waals surface area contributed by atoms with E-state index >= 15 is 0 Å². The smallest absolute Gasteiger partial charge is 0.212 e. The molecule has 2 aliphatic rings. The van der Waals surface area contributed by atoms with Crippen LogP contribution in [0.25, 0.3) is 0 Å². The molecule has 0 bridgehead atoms. The summed E-state index contributed by atoms with van der Waals surface area (Å²) >= 11 is 0. The first-order valence-corrected chi connectivity index (χ1v) is 7.35. The lowest BCUT2D eigenvalue weighted by molar-refractivity contribution is 0.0205. The molecular weight excluding hydrogens is 259 g/mol. The number of hydrogen-bond acceptors (Lipinski definition) is 4. The van der Waals surface area contributed by atoms with E-state index < -0.39 is 5.95 Å². The Morgan fingerprint density at radius 2 is 2.15 bits per heavy atom. The minimum Gasteiger partial charge on any atom is -0.381 e. The highest BCUT2D eigenvalue weighted by Gasteiger charge is 2.29. The quantitative estimate of drug-likeness (QED) is 0.790. The first-order chi connectivity index (χ1) is 9.81. The largest absolute Gasteiger partial charge is 0.381 e. The Kier molecular flexibility index (Phi) is 4.60. The zero-order valence-corrected chi connectivity index (χ0v) is 11.6. The van der Waals surface area contributed by atoms with Gasteiger partial charge in [-0.2, -0.15) is 4.39 Å². The standard InChI is InChI=1S/C15H21FN2O2/c16-15-2-1-12(9-17-15)11-20-14-3-6-18(10-14)13-4-7-19-8-5-13/h1-2,9,13-14H,3-8,10-11H2/t14-/m1/s1. The van der Waals surface area contributed by atoms with Crippen LogP contribution in [0.15, 0.2) is 18.3 Å². The molecule has 3 heterocycles. The summed E-state index contributed by atoms with van der Waals surface area (Å²) < 4.78 is 24.0. The average molecular weight is 280 g/mol. The summed E-state index contributed by atoms with van der Waals surface area (Å²) in [5.74, 6) is -0.444. The van der Waals surface area contributed by atoms with Crippen LogP contribution in [0.3, 0.4) is 0 Å². The molecule has 20 heavy (non-hydrogen) atoms. The van der Waals surface area contributed by atoms with Gasteiger partial charge in [0.05, 0.1) is 12.7 Å². The molecule has 0 N–H and O–H groups in total. The lowest BCUT2D eigenvalue weighted by Gasteiger charge is -2.30. The van der Waals surface area contributed by atoms with Gasteiger partial charge in [0.1, 0.15) is 0 Å². The molecule has 0 radical (unpaired) electrons. The van der Waals surface area contributed by atoms with Crippen LogP contribution in [-0.2, 0) is 16.1 Å². The predicted molar refractivity (Wildman–Crippen MR) is 72.8 cm³/mol. The third kappa shape index (κ3) is 3.53. The fraction of sp³-hybridized carbons (Fsp3) is 0.667. The van der Waals surface area contributed by atoms with Crippen LogP contribution in [0.5, 0.6) is 0 Å². The zero-order valence-electron chi connectivity index (χ0n) is 11.6. The van der Waals surface area contributed by atoms with Crippen molar-refractivity contribution in [2.24, 2.45) is 0 Å². The van der Waals surface area contributed by atoms with Crippen molar-refractivity contribution in [1.29, 1.82) is 0 Å². The summed E-state index contributed by atoms with van der Waals surface area (Å²) in [4.78, 5) is 6.17. The second-order valence-corrected chi connectivity index (χ2v) is 5.55. The van der Waals surface area contributed by atoms with Crippen LogP contribution in [-0.4, -0.2) is 48.3 Å². The highest BCUT2D eigenvalue weighted by Crippen LogP contribution is 2.22. The van der Waals surface area contributed by atoms with Gasteiger partial charge in [0, 0.05) is 38.5 Å². The summed E-state index contributed by atoms with van der Waals surface area (Å²) in [7, 11) is 0. The second-order valence-electron chi connectivity index (χ2n) is 5.55. The Morgan fingerprint density at radius 1 is 1.30 bits per heavy atom. The Morgan fingerprint density at radius 3 is 2.90 bits per heavy atom.